The smallest absolute Gasteiger partial charge is 0.338 e. The van der Waals surface area contributed by atoms with Crippen LogP contribution in [-0.2, 0) is 32.2 Å². The number of ether oxygens (including phenoxy) is 1. The number of aromatic nitrogens is 1. The molecule has 8 heteroatoms. The van der Waals surface area contributed by atoms with E-state index in [0.717, 1.165) is 30.2 Å². The van der Waals surface area contributed by atoms with Crippen LogP contribution in [0, 0.1) is 0 Å². The minimum Gasteiger partial charge on any atom is -0.449 e. The van der Waals surface area contributed by atoms with E-state index >= 15 is 0 Å². The third-order valence-electron chi connectivity index (χ3n) is 6.24. The van der Waals surface area contributed by atoms with Gasteiger partial charge >= 0.3 is 5.97 Å². The Morgan fingerprint density at radius 1 is 1.27 bits per heavy atom. The van der Waals surface area contributed by atoms with Gasteiger partial charge in [0, 0.05) is 29.2 Å². The van der Waals surface area contributed by atoms with Crippen LogP contribution in [0.4, 0.5) is 0 Å². The molecule has 1 saturated heterocycles. The van der Waals surface area contributed by atoms with Gasteiger partial charge in [-0.3, -0.25) is 4.79 Å². The van der Waals surface area contributed by atoms with E-state index in [2.05, 4.69) is 4.98 Å². The number of benzene rings is 1. The molecule has 0 saturated carbocycles. The lowest BCUT2D eigenvalue weighted by atomic mass is 9.95. The Bertz CT molecular complexity index is 1090. The fourth-order valence-electron chi connectivity index (χ4n) is 4.66. The highest BCUT2D eigenvalue weighted by Gasteiger charge is 2.36. The molecule has 30 heavy (non-hydrogen) atoms. The molecule has 1 N–H and O–H groups in total. The summed E-state index contributed by atoms with van der Waals surface area (Å²) in [5.74, 6) is -0.828. The van der Waals surface area contributed by atoms with Gasteiger partial charge in [-0.05, 0) is 69.7 Å². The first kappa shape index (κ1) is 20.9. The Labute approximate surface area is 176 Å². The average molecular weight is 433 g/mol. The fraction of sp³-hybridized carbons (Fsp3) is 0.545. The third-order valence-corrected chi connectivity index (χ3v) is 7.99. The van der Waals surface area contributed by atoms with Crippen molar-refractivity contribution in [2.75, 3.05) is 18.1 Å². The highest BCUT2D eigenvalue weighted by molar-refractivity contribution is 7.91. The first-order valence-electron chi connectivity index (χ1n) is 10.6. The number of rotatable bonds is 5. The largest absolute Gasteiger partial charge is 0.449 e. The van der Waals surface area contributed by atoms with Crippen molar-refractivity contribution in [3.63, 3.8) is 0 Å². The van der Waals surface area contributed by atoms with Gasteiger partial charge in [-0.15, -0.1) is 0 Å². The third kappa shape index (κ3) is 3.97. The molecule has 1 aliphatic heterocycles. The molecule has 1 fully saturated rings. The molecule has 0 radical (unpaired) electrons. The minimum absolute atomic E-state index is 0.0253. The van der Waals surface area contributed by atoms with E-state index in [1.165, 1.54) is 22.6 Å². The lowest BCUT2D eigenvalue weighted by molar-refractivity contribution is -0.141. The monoisotopic (exact) mass is 432 g/mol. The van der Waals surface area contributed by atoms with Crippen molar-refractivity contribution in [3.05, 3.63) is 35.0 Å². The number of nitrogens with zero attached hydrogens (tertiary/aromatic N) is 1. The number of hydrogen-bond acceptors (Lipinski definition) is 5. The number of amides is 1. The molecule has 162 valence electrons. The Morgan fingerprint density at radius 3 is 2.73 bits per heavy atom. The van der Waals surface area contributed by atoms with Crippen LogP contribution in [-0.4, -0.2) is 60.4 Å². The first-order valence-corrected chi connectivity index (χ1v) is 12.5. The van der Waals surface area contributed by atoms with Gasteiger partial charge in [-0.1, -0.05) is 0 Å². The van der Waals surface area contributed by atoms with Gasteiger partial charge in [0.1, 0.15) is 0 Å². The van der Waals surface area contributed by atoms with Gasteiger partial charge in [-0.2, -0.15) is 0 Å². The number of aromatic amines is 1. The molecule has 2 aliphatic rings. The van der Waals surface area contributed by atoms with E-state index in [9.17, 15) is 18.0 Å². The Hall–Kier alpha value is -2.35. The molecule has 1 aromatic carbocycles. The summed E-state index contributed by atoms with van der Waals surface area (Å²) in [5, 5.41) is 1.05. The van der Waals surface area contributed by atoms with Crippen molar-refractivity contribution in [2.24, 2.45) is 0 Å². The second-order valence-electron chi connectivity index (χ2n) is 8.28. The maximum atomic E-state index is 12.9. The van der Waals surface area contributed by atoms with E-state index < -0.39 is 21.9 Å². The number of carbonyl (C=O) groups excluding carboxylic acids is 2. The van der Waals surface area contributed by atoms with Gasteiger partial charge in [-0.25, -0.2) is 13.2 Å². The highest BCUT2D eigenvalue weighted by Crippen LogP contribution is 2.30. The van der Waals surface area contributed by atoms with Crippen LogP contribution < -0.4 is 0 Å². The number of sulfone groups is 1. The minimum atomic E-state index is -3.10. The maximum absolute atomic E-state index is 12.9. The lowest BCUT2D eigenvalue weighted by Crippen LogP contribution is -2.46. The summed E-state index contributed by atoms with van der Waals surface area (Å²) in [4.78, 5) is 30.5. The van der Waals surface area contributed by atoms with E-state index in [-0.39, 0.29) is 23.5 Å². The number of nitrogens with one attached hydrogen (secondary N) is 1. The number of carbonyl (C=O) groups is 2. The zero-order chi connectivity index (χ0) is 21.5. The molecule has 1 amide bonds. The van der Waals surface area contributed by atoms with Gasteiger partial charge in [0.25, 0.3) is 5.91 Å². The average Bonchev–Trinajstić information content (AvgIpc) is 3.27. The Balaban J connectivity index is 1.48. The quantitative estimate of drug-likeness (QED) is 0.733. The molecule has 0 bridgehead atoms. The topological polar surface area (TPSA) is 96.5 Å². The second kappa shape index (κ2) is 8.06. The van der Waals surface area contributed by atoms with Gasteiger partial charge in [0.05, 0.1) is 17.1 Å². The van der Waals surface area contributed by atoms with Crippen molar-refractivity contribution >= 4 is 32.6 Å². The molecule has 0 unspecified atom stereocenters. The van der Waals surface area contributed by atoms with Crippen molar-refractivity contribution in [1.82, 2.24) is 9.88 Å². The maximum Gasteiger partial charge on any atom is 0.338 e. The summed E-state index contributed by atoms with van der Waals surface area (Å²) in [7, 11) is -3.10. The molecular formula is C22H28N2O5S. The Kier molecular flexibility index (Phi) is 5.61. The van der Waals surface area contributed by atoms with Crippen LogP contribution in [0.1, 0.15) is 54.7 Å². The SMILES string of the molecule is CCN(C(=O)[C@H](C)OC(=O)c1ccc2[nH]c3c(c2c1)CCCC3)[C@@H]1CCS(=O)(=O)C1. The summed E-state index contributed by atoms with van der Waals surface area (Å²) in [5.41, 5.74) is 3.95. The number of hydrogen-bond donors (Lipinski definition) is 1. The molecule has 4 rings (SSSR count). The van der Waals surface area contributed by atoms with E-state index in [1.54, 1.807) is 19.9 Å². The molecule has 1 aromatic heterocycles. The number of aryl methyl sites for hydroxylation is 2. The predicted molar refractivity (Wildman–Crippen MR) is 114 cm³/mol. The van der Waals surface area contributed by atoms with Crippen LogP contribution in [0.25, 0.3) is 10.9 Å². The standard InChI is InChI=1S/C22H28N2O5S/c1-3-24(16-10-11-30(27,28)13-16)21(25)14(2)29-22(26)15-8-9-20-18(12-15)17-6-4-5-7-19(17)23-20/h8-9,12,14,16,23H,3-7,10-11,13H2,1-2H3/t14-,16+/m0/s1. The van der Waals surface area contributed by atoms with E-state index in [1.807, 2.05) is 12.1 Å². The number of H-pyrrole nitrogens is 1. The van der Waals surface area contributed by atoms with Gasteiger partial charge in [0.15, 0.2) is 15.9 Å². The number of fused-ring (bicyclic) bond motifs is 3. The van der Waals surface area contributed by atoms with Crippen molar-refractivity contribution in [3.8, 4) is 0 Å². The predicted octanol–water partition coefficient (Wildman–Crippen LogP) is 2.63. The molecule has 2 aromatic rings. The highest BCUT2D eigenvalue weighted by atomic mass is 32.2. The molecule has 1 aliphatic carbocycles. The van der Waals surface area contributed by atoms with E-state index in [0.29, 0.717) is 18.5 Å². The van der Waals surface area contributed by atoms with Crippen LogP contribution in [0.15, 0.2) is 18.2 Å². The zero-order valence-electron chi connectivity index (χ0n) is 17.4. The van der Waals surface area contributed by atoms with Gasteiger partial charge in [0.2, 0.25) is 0 Å². The summed E-state index contributed by atoms with van der Waals surface area (Å²) in [6, 6.07) is 5.09. The Morgan fingerprint density at radius 2 is 2.03 bits per heavy atom. The number of esters is 1. The summed E-state index contributed by atoms with van der Waals surface area (Å²) >= 11 is 0. The number of likely N-dealkylation sites (N-methyl/N-ethyl adjacent to an activating group) is 1. The summed E-state index contributed by atoms with van der Waals surface area (Å²) in [6.07, 6.45) is 3.79. The van der Waals surface area contributed by atoms with E-state index in [4.69, 9.17) is 4.74 Å². The second-order valence-corrected chi connectivity index (χ2v) is 10.5. The fourth-order valence-corrected chi connectivity index (χ4v) is 6.39. The van der Waals surface area contributed by atoms with Crippen molar-refractivity contribution in [2.45, 2.75) is 58.1 Å². The summed E-state index contributed by atoms with van der Waals surface area (Å²) in [6.45, 7) is 3.73. The molecule has 7 nitrogen and oxygen atoms in total. The van der Waals surface area contributed by atoms with Gasteiger partial charge < -0.3 is 14.6 Å². The molecule has 2 heterocycles. The lowest BCUT2D eigenvalue weighted by Gasteiger charge is -2.29. The molecule has 0 spiro atoms. The zero-order valence-corrected chi connectivity index (χ0v) is 18.3. The first-order chi connectivity index (χ1) is 14.3. The van der Waals surface area contributed by atoms with Crippen LogP contribution in [0.2, 0.25) is 0 Å². The van der Waals surface area contributed by atoms with Crippen LogP contribution >= 0.6 is 0 Å². The normalized spacial score (nSPS) is 21.2. The van der Waals surface area contributed by atoms with Crippen LogP contribution in [0.3, 0.4) is 0 Å². The van der Waals surface area contributed by atoms with Crippen molar-refractivity contribution in [1.29, 1.82) is 0 Å². The summed E-state index contributed by atoms with van der Waals surface area (Å²) < 4.78 is 29.0. The van der Waals surface area contributed by atoms with Crippen LogP contribution in [0.5, 0.6) is 0 Å². The molecule has 2 atom stereocenters. The molecular weight excluding hydrogens is 404 g/mol. The van der Waals surface area contributed by atoms with Crippen molar-refractivity contribution < 1.29 is 22.7 Å².